The highest BCUT2D eigenvalue weighted by Crippen LogP contribution is 2.39. The second kappa shape index (κ2) is 22.5. The van der Waals surface area contributed by atoms with Crippen LogP contribution in [-0.4, -0.2) is 50.3 Å². The topological polar surface area (TPSA) is 108 Å². The first-order chi connectivity index (χ1) is 28.4. The van der Waals surface area contributed by atoms with E-state index in [1.165, 1.54) is 22.3 Å². The minimum Gasteiger partial charge on any atom is -0.463 e. The van der Waals surface area contributed by atoms with Gasteiger partial charge in [-0.3, -0.25) is 0 Å². The number of rotatable bonds is 22. The van der Waals surface area contributed by atoms with Crippen LogP contribution in [0.15, 0.2) is 129 Å². The standard InChI is InChI=1S/C50H55NO8/c1-9-47(52)56-25-21-39(22-26-57-48(53)10-2)42-31-41(32-43(33-42)40(23-27-58-49(54)11-3)24-28-59-50(55)12-4)38-15-19-44(20-16-38)51(45-17-13-34(5)36(7)29-45)46-18-14-35(6)37(8)30-46/h9-20,29-33,39-40H,1-4,21-28H2,5-8H3. The normalized spacial score (nSPS) is 10.7. The van der Waals surface area contributed by atoms with Crippen LogP contribution >= 0.6 is 0 Å². The second-order valence-corrected chi connectivity index (χ2v) is 14.3. The van der Waals surface area contributed by atoms with Crippen molar-refractivity contribution >= 4 is 40.9 Å². The van der Waals surface area contributed by atoms with Crippen LogP contribution in [0.4, 0.5) is 17.1 Å². The zero-order valence-corrected chi connectivity index (χ0v) is 34.7. The van der Waals surface area contributed by atoms with Crippen molar-refractivity contribution in [2.75, 3.05) is 31.3 Å². The van der Waals surface area contributed by atoms with Gasteiger partial charge in [0.1, 0.15) is 0 Å². The summed E-state index contributed by atoms with van der Waals surface area (Å²) < 4.78 is 21.6. The first-order valence-electron chi connectivity index (χ1n) is 19.7. The van der Waals surface area contributed by atoms with Gasteiger partial charge >= 0.3 is 23.9 Å². The zero-order chi connectivity index (χ0) is 42.9. The van der Waals surface area contributed by atoms with Gasteiger partial charge in [0, 0.05) is 41.4 Å². The summed E-state index contributed by atoms with van der Waals surface area (Å²) in [4.78, 5) is 50.3. The SMILES string of the molecule is C=CC(=O)OCCC(CCOC(=O)C=C)c1cc(-c2ccc(N(c3ccc(C)c(C)c3)c3ccc(C)c(C)c3)cc2)cc(C(CCOC(=O)C=C)CCOC(=O)C=C)c1. The molecule has 9 heteroatoms. The Morgan fingerprint density at radius 2 is 0.797 bits per heavy atom. The van der Waals surface area contributed by atoms with Gasteiger partial charge in [0.25, 0.3) is 0 Å². The summed E-state index contributed by atoms with van der Waals surface area (Å²) in [6, 6.07) is 27.6. The Hall–Kier alpha value is -6.48. The van der Waals surface area contributed by atoms with Crippen LogP contribution in [0.25, 0.3) is 11.1 Å². The summed E-state index contributed by atoms with van der Waals surface area (Å²) in [6.45, 7) is 22.9. The van der Waals surface area contributed by atoms with E-state index in [1.807, 2.05) is 0 Å². The summed E-state index contributed by atoms with van der Waals surface area (Å²) in [5, 5.41) is 0. The summed E-state index contributed by atoms with van der Waals surface area (Å²) in [5.41, 5.74) is 11.6. The lowest BCUT2D eigenvalue weighted by Crippen LogP contribution is -2.14. The lowest BCUT2D eigenvalue weighted by Gasteiger charge is -2.27. The quantitative estimate of drug-likeness (QED) is 0.0436. The molecule has 0 aliphatic heterocycles. The minimum atomic E-state index is -0.532. The minimum absolute atomic E-state index is 0.116. The van der Waals surface area contributed by atoms with Gasteiger partial charge in [0.15, 0.2) is 0 Å². The van der Waals surface area contributed by atoms with Gasteiger partial charge in [-0.1, -0.05) is 68.8 Å². The van der Waals surface area contributed by atoms with Gasteiger partial charge in [-0.2, -0.15) is 0 Å². The summed E-state index contributed by atoms with van der Waals surface area (Å²) >= 11 is 0. The fourth-order valence-electron chi connectivity index (χ4n) is 6.69. The highest BCUT2D eigenvalue weighted by molar-refractivity contribution is 5.83. The number of carbonyl (C=O) groups excluding carboxylic acids is 4. The number of anilines is 3. The first kappa shape index (κ1) is 45.2. The fraction of sp³-hybridized carbons (Fsp3) is 0.280. The van der Waals surface area contributed by atoms with Crippen molar-refractivity contribution in [2.24, 2.45) is 0 Å². The van der Waals surface area contributed by atoms with Crippen LogP contribution in [-0.2, 0) is 38.1 Å². The number of ether oxygens (including phenoxy) is 4. The Labute approximate surface area is 348 Å². The molecule has 59 heavy (non-hydrogen) atoms. The van der Waals surface area contributed by atoms with Crippen LogP contribution in [0.1, 0.15) is 70.9 Å². The monoisotopic (exact) mass is 797 g/mol. The molecule has 0 spiro atoms. The third-order valence-corrected chi connectivity index (χ3v) is 10.4. The van der Waals surface area contributed by atoms with Crippen molar-refractivity contribution < 1.29 is 38.1 Å². The molecule has 4 aromatic carbocycles. The Kier molecular flexibility index (Phi) is 17.2. The van der Waals surface area contributed by atoms with E-state index in [0.717, 1.165) is 63.6 Å². The van der Waals surface area contributed by atoms with E-state index in [9.17, 15) is 19.2 Å². The zero-order valence-electron chi connectivity index (χ0n) is 34.7. The van der Waals surface area contributed by atoms with Gasteiger partial charge in [-0.15, -0.1) is 0 Å². The van der Waals surface area contributed by atoms with Crippen LogP contribution in [0.2, 0.25) is 0 Å². The molecule has 0 radical (unpaired) electrons. The van der Waals surface area contributed by atoms with E-state index in [0.29, 0.717) is 25.7 Å². The Bertz CT molecular complexity index is 1970. The van der Waals surface area contributed by atoms with Gasteiger partial charge in [0.05, 0.1) is 26.4 Å². The molecule has 0 aromatic heterocycles. The largest absolute Gasteiger partial charge is 0.463 e. The number of benzene rings is 4. The Morgan fingerprint density at radius 1 is 0.458 bits per heavy atom. The molecular weight excluding hydrogens is 743 g/mol. The molecular formula is C50H55NO8. The van der Waals surface area contributed by atoms with Crippen molar-refractivity contribution in [1.82, 2.24) is 0 Å². The Balaban J connectivity index is 1.84. The predicted octanol–water partition coefficient (Wildman–Crippen LogP) is 10.7. The summed E-state index contributed by atoms with van der Waals surface area (Å²) in [5.74, 6) is -2.53. The molecule has 4 rings (SSSR count). The smallest absolute Gasteiger partial charge is 0.330 e. The van der Waals surface area contributed by atoms with Crippen molar-refractivity contribution in [1.29, 1.82) is 0 Å². The summed E-state index contributed by atoms with van der Waals surface area (Å²) in [7, 11) is 0. The van der Waals surface area contributed by atoms with Gasteiger partial charge in [-0.05, 0) is 146 Å². The van der Waals surface area contributed by atoms with E-state index in [2.05, 4.69) is 138 Å². The molecule has 308 valence electrons. The maximum atomic E-state index is 12.0. The number of aryl methyl sites for hydroxylation is 4. The van der Waals surface area contributed by atoms with Gasteiger partial charge in [-0.25, -0.2) is 19.2 Å². The first-order valence-corrected chi connectivity index (χ1v) is 19.7. The molecule has 0 heterocycles. The van der Waals surface area contributed by atoms with E-state index >= 15 is 0 Å². The Morgan fingerprint density at radius 3 is 1.12 bits per heavy atom. The molecule has 0 unspecified atom stereocenters. The lowest BCUT2D eigenvalue weighted by atomic mass is 9.84. The molecule has 0 aliphatic carbocycles. The van der Waals surface area contributed by atoms with E-state index in [1.54, 1.807) is 0 Å². The number of hydrogen-bond donors (Lipinski definition) is 0. The molecule has 0 saturated carbocycles. The third kappa shape index (κ3) is 13.3. The molecule has 4 aromatic rings. The van der Waals surface area contributed by atoms with E-state index in [4.69, 9.17) is 18.9 Å². The van der Waals surface area contributed by atoms with Gasteiger partial charge < -0.3 is 23.8 Å². The molecule has 0 aliphatic rings. The molecule has 0 atom stereocenters. The van der Waals surface area contributed by atoms with E-state index in [-0.39, 0.29) is 38.3 Å². The molecule has 0 bridgehead atoms. The van der Waals surface area contributed by atoms with Crippen molar-refractivity contribution in [2.45, 2.75) is 65.2 Å². The molecule has 9 nitrogen and oxygen atoms in total. The van der Waals surface area contributed by atoms with Crippen molar-refractivity contribution in [3.63, 3.8) is 0 Å². The maximum absolute atomic E-state index is 12.0. The van der Waals surface area contributed by atoms with Crippen LogP contribution in [0.3, 0.4) is 0 Å². The van der Waals surface area contributed by atoms with Gasteiger partial charge in [0.2, 0.25) is 0 Å². The lowest BCUT2D eigenvalue weighted by molar-refractivity contribution is -0.139. The molecule has 0 fully saturated rings. The predicted molar refractivity (Wildman–Crippen MR) is 234 cm³/mol. The third-order valence-electron chi connectivity index (χ3n) is 10.4. The number of carbonyl (C=O) groups is 4. The summed E-state index contributed by atoms with van der Waals surface area (Å²) in [6.07, 6.45) is 6.22. The maximum Gasteiger partial charge on any atom is 0.330 e. The number of nitrogens with zero attached hydrogens (tertiary/aromatic N) is 1. The number of esters is 4. The van der Waals surface area contributed by atoms with E-state index < -0.39 is 23.9 Å². The van der Waals surface area contributed by atoms with Crippen LogP contribution < -0.4 is 4.90 Å². The van der Waals surface area contributed by atoms with Crippen molar-refractivity contribution in [3.8, 4) is 11.1 Å². The second-order valence-electron chi connectivity index (χ2n) is 14.3. The van der Waals surface area contributed by atoms with Crippen LogP contribution in [0.5, 0.6) is 0 Å². The molecule has 0 saturated heterocycles. The average molecular weight is 798 g/mol. The highest BCUT2D eigenvalue weighted by atomic mass is 16.5. The van der Waals surface area contributed by atoms with Crippen molar-refractivity contribution in [3.05, 3.63) is 163 Å². The fourth-order valence-corrected chi connectivity index (χ4v) is 6.69. The number of hydrogen-bond acceptors (Lipinski definition) is 9. The molecule has 0 amide bonds. The molecule has 0 N–H and O–H groups in total. The highest BCUT2D eigenvalue weighted by Gasteiger charge is 2.21. The van der Waals surface area contributed by atoms with Crippen LogP contribution in [0, 0.1) is 27.7 Å². The average Bonchev–Trinajstić information content (AvgIpc) is 3.24.